The van der Waals surface area contributed by atoms with Crippen LogP contribution in [0.5, 0.6) is 0 Å². The first kappa shape index (κ1) is 10.8. The van der Waals surface area contributed by atoms with Gasteiger partial charge in [-0.15, -0.1) is 0 Å². The van der Waals surface area contributed by atoms with Gasteiger partial charge in [-0.2, -0.15) is 0 Å². The van der Waals surface area contributed by atoms with Crippen molar-refractivity contribution in [2.24, 2.45) is 0 Å². The lowest BCUT2D eigenvalue weighted by Gasteiger charge is -2.39. The van der Waals surface area contributed by atoms with Gasteiger partial charge < -0.3 is 4.90 Å². The van der Waals surface area contributed by atoms with E-state index < -0.39 is 0 Å². The first-order valence-corrected chi connectivity index (χ1v) is 7.11. The number of hydrogen-bond donors (Lipinski definition) is 0. The number of likely N-dealkylation sites (tertiary alicyclic amines) is 1. The van der Waals surface area contributed by atoms with Crippen molar-refractivity contribution in [2.75, 3.05) is 32.4 Å². The molecule has 2 rings (SSSR count). The van der Waals surface area contributed by atoms with Crippen LogP contribution in [0, 0.1) is 0 Å². The van der Waals surface area contributed by atoms with E-state index in [1.54, 1.807) is 0 Å². The lowest BCUT2D eigenvalue weighted by atomic mass is 10.0. The minimum atomic E-state index is 0.902. The standard InChI is InChI=1S/C11H22N2S/c1-14-13-9-5-11(6-10-13)12-7-3-2-4-8-12/h11H,2-10H2,1H3. The zero-order valence-electron chi connectivity index (χ0n) is 9.24. The van der Waals surface area contributed by atoms with Crippen molar-refractivity contribution >= 4 is 11.9 Å². The van der Waals surface area contributed by atoms with Crippen LogP contribution in [0.15, 0.2) is 0 Å². The zero-order chi connectivity index (χ0) is 9.80. The fourth-order valence-electron chi connectivity index (χ4n) is 2.67. The summed E-state index contributed by atoms with van der Waals surface area (Å²) in [4.78, 5) is 2.74. The fourth-order valence-corrected chi connectivity index (χ4v) is 3.25. The van der Waals surface area contributed by atoms with Crippen LogP contribution in [0.1, 0.15) is 32.1 Å². The van der Waals surface area contributed by atoms with Crippen molar-refractivity contribution < 1.29 is 0 Å². The molecular formula is C11H22N2S. The Bertz CT molecular complexity index is 161. The number of rotatable bonds is 2. The van der Waals surface area contributed by atoms with Crippen LogP contribution < -0.4 is 0 Å². The third-order valence-corrected chi connectivity index (χ3v) is 4.47. The molecule has 14 heavy (non-hydrogen) atoms. The maximum Gasteiger partial charge on any atom is 0.0120 e. The summed E-state index contributed by atoms with van der Waals surface area (Å²) in [6.07, 6.45) is 9.30. The number of nitrogens with zero attached hydrogens (tertiary/aromatic N) is 2. The van der Waals surface area contributed by atoms with Gasteiger partial charge in [-0.3, -0.25) is 4.31 Å². The smallest absolute Gasteiger partial charge is 0.0120 e. The third kappa shape index (κ3) is 2.65. The van der Waals surface area contributed by atoms with Crippen molar-refractivity contribution in [2.45, 2.75) is 38.1 Å². The summed E-state index contributed by atoms with van der Waals surface area (Å²) in [5.41, 5.74) is 0. The second-order valence-electron chi connectivity index (χ2n) is 4.44. The lowest BCUT2D eigenvalue weighted by Crippen LogP contribution is -2.45. The number of hydrogen-bond acceptors (Lipinski definition) is 3. The molecule has 0 aromatic carbocycles. The van der Waals surface area contributed by atoms with E-state index in [1.165, 1.54) is 58.3 Å². The van der Waals surface area contributed by atoms with Gasteiger partial charge in [0.25, 0.3) is 0 Å². The van der Waals surface area contributed by atoms with E-state index in [-0.39, 0.29) is 0 Å². The average Bonchev–Trinajstić information content (AvgIpc) is 2.30. The summed E-state index contributed by atoms with van der Waals surface area (Å²) in [5, 5.41) is 0. The molecule has 82 valence electrons. The van der Waals surface area contributed by atoms with Crippen molar-refractivity contribution in [1.82, 2.24) is 9.21 Å². The van der Waals surface area contributed by atoms with Crippen LogP contribution in [-0.2, 0) is 0 Å². The van der Waals surface area contributed by atoms with Gasteiger partial charge in [0.2, 0.25) is 0 Å². The van der Waals surface area contributed by atoms with Gasteiger partial charge in [-0.1, -0.05) is 18.4 Å². The molecule has 2 heterocycles. The quantitative estimate of drug-likeness (QED) is 0.651. The molecule has 0 aliphatic carbocycles. The van der Waals surface area contributed by atoms with Gasteiger partial charge in [0, 0.05) is 19.1 Å². The Labute approximate surface area is 92.2 Å². The van der Waals surface area contributed by atoms with Gasteiger partial charge in [0.1, 0.15) is 0 Å². The summed E-state index contributed by atoms with van der Waals surface area (Å²) in [5.74, 6) is 0. The van der Waals surface area contributed by atoms with E-state index in [0.717, 1.165) is 6.04 Å². The van der Waals surface area contributed by atoms with Crippen molar-refractivity contribution in [3.05, 3.63) is 0 Å². The highest BCUT2D eigenvalue weighted by Gasteiger charge is 2.24. The van der Waals surface area contributed by atoms with Gasteiger partial charge >= 0.3 is 0 Å². The molecule has 0 bridgehead atoms. The summed E-state index contributed by atoms with van der Waals surface area (Å²) >= 11 is 1.91. The first-order valence-electron chi connectivity index (χ1n) is 5.93. The van der Waals surface area contributed by atoms with Crippen LogP contribution >= 0.6 is 11.9 Å². The van der Waals surface area contributed by atoms with E-state index in [2.05, 4.69) is 15.5 Å². The van der Waals surface area contributed by atoms with E-state index in [9.17, 15) is 0 Å². The Morgan fingerprint density at radius 2 is 1.57 bits per heavy atom. The van der Waals surface area contributed by atoms with E-state index in [0.29, 0.717) is 0 Å². The Morgan fingerprint density at radius 3 is 2.14 bits per heavy atom. The topological polar surface area (TPSA) is 6.48 Å². The molecular weight excluding hydrogens is 192 g/mol. The van der Waals surface area contributed by atoms with Gasteiger partial charge in [-0.05, 0) is 45.0 Å². The molecule has 3 heteroatoms. The molecule has 0 N–H and O–H groups in total. The van der Waals surface area contributed by atoms with Gasteiger partial charge in [0.15, 0.2) is 0 Å². The zero-order valence-corrected chi connectivity index (χ0v) is 10.1. The molecule has 0 radical (unpaired) electrons. The summed E-state index contributed by atoms with van der Waals surface area (Å²) in [6, 6.07) is 0.902. The number of piperidine rings is 2. The van der Waals surface area contributed by atoms with Gasteiger partial charge in [0.05, 0.1) is 0 Å². The summed E-state index contributed by atoms with van der Waals surface area (Å²) in [6.45, 7) is 5.32. The minimum Gasteiger partial charge on any atom is -0.300 e. The fraction of sp³-hybridized carbons (Fsp3) is 1.00. The Balaban J connectivity index is 1.76. The molecule has 0 aromatic heterocycles. The monoisotopic (exact) mass is 214 g/mol. The normalized spacial score (nSPS) is 28.1. The van der Waals surface area contributed by atoms with Crippen molar-refractivity contribution in [3.8, 4) is 0 Å². The molecule has 0 unspecified atom stereocenters. The van der Waals surface area contributed by atoms with Crippen LogP contribution in [0.3, 0.4) is 0 Å². The highest BCUT2D eigenvalue weighted by molar-refractivity contribution is 7.96. The molecule has 2 fully saturated rings. The predicted molar refractivity (Wildman–Crippen MR) is 63.5 cm³/mol. The highest BCUT2D eigenvalue weighted by atomic mass is 32.2. The molecule has 0 aromatic rings. The molecule has 0 amide bonds. The Morgan fingerprint density at radius 1 is 0.929 bits per heavy atom. The molecule has 2 aliphatic rings. The second kappa shape index (κ2) is 5.38. The van der Waals surface area contributed by atoms with Crippen LogP contribution in [0.4, 0.5) is 0 Å². The molecule has 2 aliphatic heterocycles. The summed E-state index contributed by atoms with van der Waals surface area (Å²) in [7, 11) is 0. The summed E-state index contributed by atoms with van der Waals surface area (Å²) < 4.78 is 2.50. The molecule has 0 saturated carbocycles. The van der Waals surface area contributed by atoms with Crippen LogP contribution in [0.25, 0.3) is 0 Å². The first-order chi connectivity index (χ1) is 6.90. The van der Waals surface area contributed by atoms with Crippen LogP contribution in [0.2, 0.25) is 0 Å². The Kier molecular flexibility index (Phi) is 4.14. The van der Waals surface area contributed by atoms with Crippen molar-refractivity contribution in [1.29, 1.82) is 0 Å². The molecule has 2 saturated heterocycles. The van der Waals surface area contributed by atoms with E-state index >= 15 is 0 Å². The van der Waals surface area contributed by atoms with E-state index in [4.69, 9.17) is 0 Å². The molecule has 0 spiro atoms. The predicted octanol–water partition coefficient (Wildman–Crippen LogP) is 2.21. The van der Waals surface area contributed by atoms with Crippen LogP contribution in [-0.4, -0.2) is 47.7 Å². The molecule has 0 atom stereocenters. The average molecular weight is 214 g/mol. The Hall–Kier alpha value is 0.270. The van der Waals surface area contributed by atoms with Gasteiger partial charge in [-0.25, -0.2) is 0 Å². The highest BCUT2D eigenvalue weighted by Crippen LogP contribution is 2.23. The maximum atomic E-state index is 2.74. The SMILES string of the molecule is CSN1CCC(N2CCCCC2)CC1. The lowest BCUT2D eigenvalue weighted by molar-refractivity contribution is 0.120. The van der Waals surface area contributed by atoms with Crippen molar-refractivity contribution in [3.63, 3.8) is 0 Å². The second-order valence-corrected chi connectivity index (χ2v) is 5.32. The minimum absolute atomic E-state index is 0.902. The third-order valence-electron chi connectivity index (χ3n) is 3.59. The van der Waals surface area contributed by atoms with E-state index in [1.807, 2.05) is 11.9 Å². The largest absolute Gasteiger partial charge is 0.300 e. The molecule has 2 nitrogen and oxygen atoms in total. The maximum absolute atomic E-state index is 2.74.